The van der Waals surface area contributed by atoms with Crippen LogP contribution in [0.3, 0.4) is 0 Å². The monoisotopic (exact) mass is 368 g/mol. The lowest BCUT2D eigenvalue weighted by molar-refractivity contribution is -0.125. The van der Waals surface area contributed by atoms with Crippen molar-refractivity contribution in [2.75, 3.05) is 6.61 Å². The predicted octanol–water partition coefficient (Wildman–Crippen LogP) is 4.88. The molecule has 0 aliphatic carbocycles. The Balaban J connectivity index is 2.85. The third-order valence-corrected chi connectivity index (χ3v) is 6.05. The summed E-state index contributed by atoms with van der Waals surface area (Å²) < 4.78 is 30.3. The van der Waals surface area contributed by atoms with Crippen molar-refractivity contribution < 1.29 is 17.4 Å². The summed E-state index contributed by atoms with van der Waals surface area (Å²) in [6.45, 7) is 9.24. The van der Waals surface area contributed by atoms with Crippen LogP contribution in [0.5, 0.6) is 0 Å². The maximum Gasteiger partial charge on any atom is 0.297 e. The van der Waals surface area contributed by atoms with Gasteiger partial charge in [-0.05, 0) is 44.7 Å². The van der Waals surface area contributed by atoms with E-state index < -0.39 is 10.1 Å². The molecule has 0 atom stereocenters. The van der Waals surface area contributed by atoms with E-state index >= 15 is 0 Å². The number of rotatable bonds is 11. The van der Waals surface area contributed by atoms with Gasteiger partial charge in [0.1, 0.15) is 6.61 Å². The third-order valence-electron chi connectivity index (χ3n) is 4.48. The first-order valence-electron chi connectivity index (χ1n) is 9.22. The molecule has 0 aliphatic heterocycles. The summed E-state index contributed by atoms with van der Waals surface area (Å²) in [5.41, 5.74) is 2.31. The zero-order valence-corrected chi connectivity index (χ0v) is 17.0. The maximum absolute atomic E-state index is 12.6. The molecule has 5 heteroatoms. The van der Waals surface area contributed by atoms with Crippen molar-refractivity contribution >= 4 is 15.9 Å². The van der Waals surface area contributed by atoms with E-state index in [2.05, 4.69) is 13.8 Å². The summed E-state index contributed by atoms with van der Waals surface area (Å²) in [5, 5.41) is 0. The molecule has 0 fully saturated rings. The van der Waals surface area contributed by atoms with E-state index in [1.165, 1.54) is 0 Å². The molecule has 0 amide bonds. The van der Waals surface area contributed by atoms with Gasteiger partial charge in [0.05, 0.1) is 4.90 Å². The Morgan fingerprint density at radius 3 is 1.92 bits per heavy atom. The zero-order valence-electron chi connectivity index (χ0n) is 16.2. The molecule has 0 bridgehead atoms. The number of unbranched alkanes of at least 4 members (excludes halogenated alkanes) is 2. The fourth-order valence-corrected chi connectivity index (χ4v) is 4.54. The molecular formula is C20H32O4S. The minimum Gasteiger partial charge on any atom is -0.297 e. The van der Waals surface area contributed by atoms with Crippen LogP contribution in [0.25, 0.3) is 0 Å². The number of hydrogen-bond acceptors (Lipinski definition) is 4. The minimum atomic E-state index is -3.93. The smallest absolute Gasteiger partial charge is 0.297 e. The maximum atomic E-state index is 12.6. The number of hydrogen-bond donors (Lipinski definition) is 0. The average molecular weight is 369 g/mol. The number of aryl methyl sites for hydroxylation is 3. The van der Waals surface area contributed by atoms with Gasteiger partial charge in [0.25, 0.3) is 10.1 Å². The molecule has 0 aliphatic rings. The standard InChI is InChI=1S/C20H32O4S/c1-6-8-10-18(11-9-7-2)19(21)14-24-25(22,23)20-16(4)12-15(3)13-17(20)5/h12-13,18H,6-11,14H2,1-5H3. The van der Waals surface area contributed by atoms with Crippen LogP contribution in [-0.4, -0.2) is 20.8 Å². The zero-order chi connectivity index (χ0) is 19.0. The number of carbonyl (C=O) groups is 1. The van der Waals surface area contributed by atoms with Gasteiger partial charge in [-0.2, -0.15) is 8.42 Å². The molecule has 1 aromatic carbocycles. The molecule has 0 saturated carbocycles. The highest BCUT2D eigenvalue weighted by Crippen LogP contribution is 2.24. The third kappa shape index (κ3) is 6.55. The predicted molar refractivity (Wildman–Crippen MR) is 101 cm³/mol. The second-order valence-corrected chi connectivity index (χ2v) is 8.44. The molecule has 0 radical (unpaired) electrons. The molecule has 1 rings (SSSR count). The number of Topliss-reactive ketones (excluding diaryl/α,β-unsaturated/α-hetero) is 1. The van der Waals surface area contributed by atoms with Gasteiger partial charge in [0.2, 0.25) is 0 Å². The topological polar surface area (TPSA) is 60.4 Å². The summed E-state index contributed by atoms with van der Waals surface area (Å²) in [6.07, 6.45) is 5.61. The average Bonchev–Trinajstić information content (AvgIpc) is 2.51. The number of ketones is 1. The SMILES string of the molecule is CCCCC(CCCC)C(=O)COS(=O)(=O)c1c(C)cc(C)cc1C. The van der Waals surface area contributed by atoms with E-state index in [0.717, 1.165) is 44.1 Å². The van der Waals surface area contributed by atoms with Crippen LogP contribution in [0.1, 0.15) is 69.1 Å². The van der Waals surface area contributed by atoms with Crippen molar-refractivity contribution in [1.29, 1.82) is 0 Å². The molecule has 0 aromatic heterocycles. The van der Waals surface area contributed by atoms with E-state index in [-0.39, 0.29) is 23.2 Å². The van der Waals surface area contributed by atoms with Crippen LogP contribution in [0, 0.1) is 26.7 Å². The lowest BCUT2D eigenvalue weighted by Crippen LogP contribution is -2.23. The Morgan fingerprint density at radius 1 is 1.00 bits per heavy atom. The first-order chi connectivity index (χ1) is 11.7. The first kappa shape index (κ1) is 21.8. The van der Waals surface area contributed by atoms with Crippen molar-refractivity contribution in [3.05, 3.63) is 28.8 Å². The molecule has 0 spiro atoms. The lowest BCUT2D eigenvalue weighted by Gasteiger charge is -2.16. The molecule has 0 N–H and O–H groups in total. The Kier molecular flexibility index (Phi) is 8.80. The molecule has 142 valence electrons. The largest absolute Gasteiger partial charge is 0.297 e. The molecule has 4 nitrogen and oxygen atoms in total. The highest BCUT2D eigenvalue weighted by atomic mass is 32.2. The van der Waals surface area contributed by atoms with Gasteiger partial charge in [-0.25, -0.2) is 0 Å². The number of carbonyl (C=O) groups excluding carboxylic acids is 1. The van der Waals surface area contributed by atoms with Crippen LogP contribution in [0.2, 0.25) is 0 Å². The lowest BCUT2D eigenvalue weighted by atomic mass is 9.92. The first-order valence-corrected chi connectivity index (χ1v) is 10.6. The van der Waals surface area contributed by atoms with Crippen molar-refractivity contribution in [3.63, 3.8) is 0 Å². The van der Waals surface area contributed by atoms with E-state index in [9.17, 15) is 13.2 Å². The molecule has 25 heavy (non-hydrogen) atoms. The van der Waals surface area contributed by atoms with E-state index in [1.54, 1.807) is 13.8 Å². The summed E-state index contributed by atoms with van der Waals surface area (Å²) >= 11 is 0. The van der Waals surface area contributed by atoms with Gasteiger partial charge in [-0.15, -0.1) is 0 Å². The quantitative estimate of drug-likeness (QED) is 0.522. The second-order valence-electron chi connectivity index (χ2n) is 6.89. The molecular weight excluding hydrogens is 336 g/mol. The highest BCUT2D eigenvalue weighted by molar-refractivity contribution is 7.86. The molecule has 1 aromatic rings. The Bertz CT molecular complexity index is 646. The van der Waals surface area contributed by atoms with Crippen LogP contribution < -0.4 is 0 Å². The van der Waals surface area contributed by atoms with Gasteiger partial charge >= 0.3 is 0 Å². The van der Waals surface area contributed by atoms with Gasteiger partial charge < -0.3 is 0 Å². The van der Waals surface area contributed by atoms with Crippen molar-refractivity contribution in [1.82, 2.24) is 0 Å². The Hall–Kier alpha value is -1.20. The van der Waals surface area contributed by atoms with Crippen molar-refractivity contribution in [2.45, 2.75) is 78.0 Å². The summed E-state index contributed by atoms with van der Waals surface area (Å²) in [4.78, 5) is 12.7. The second kappa shape index (κ2) is 10.1. The van der Waals surface area contributed by atoms with Gasteiger partial charge in [0, 0.05) is 5.92 Å². The van der Waals surface area contributed by atoms with Gasteiger partial charge in [-0.3, -0.25) is 8.98 Å². The van der Waals surface area contributed by atoms with Gasteiger partial charge in [0.15, 0.2) is 5.78 Å². The molecule has 0 saturated heterocycles. The summed E-state index contributed by atoms with van der Waals surface area (Å²) in [7, 11) is -3.93. The minimum absolute atomic E-state index is 0.102. The van der Waals surface area contributed by atoms with Gasteiger partial charge in [-0.1, -0.05) is 57.2 Å². The van der Waals surface area contributed by atoms with Crippen LogP contribution in [0.15, 0.2) is 17.0 Å². The van der Waals surface area contributed by atoms with Crippen molar-refractivity contribution in [2.24, 2.45) is 5.92 Å². The molecule has 0 heterocycles. The van der Waals surface area contributed by atoms with E-state index in [1.807, 2.05) is 19.1 Å². The van der Waals surface area contributed by atoms with Crippen LogP contribution in [0.4, 0.5) is 0 Å². The molecule has 0 unspecified atom stereocenters. The summed E-state index contributed by atoms with van der Waals surface area (Å²) in [5.74, 6) is -0.205. The normalized spacial score (nSPS) is 11.9. The van der Waals surface area contributed by atoms with Crippen LogP contribution >= 0.6 is 0 Å². The highest BCUT2D eigenvalue weighted by Gasteiger charge is 2.25. The fraction of sp³-hybridized carbons (Fsp3) is 0.650. The Morgan fingerprint density at radius 2 is 1.48 bits per heavy atom. The van der Waals surface area contributed by atoms with Crippen LogP contribution in [-0.2, 0) is 19.1 Å². The summed E-state index contributed by atoms with van der Waals surface area (Å²) in [6, 6.07) is 3.63. The number of benzene rings is 1. The van der Waals surface area contributed by atoms with Crippen molar-refractivity contribution in [3.8, 4) is 0 Å². The fourth-order valence-electron chi connectivity index (χ4n) is 3.24. The Labute approximate surface area is 153 Å². The van der Waals surface area contributed by atoms with E-state index in [4.69, 9.17) is 4.18 Å². The van der Waals surface area contributed by atoms with E-state index in [0.29, 0.717) is 11.1 Å².